The molecule has 0 N–H and O–H groups in total. The zero-order chi connectivity index (χ0) is 39.7. The Balaban J connectivity index is 0.000000123. The minimum Gasteiger partial charge on any atom is -0.0843 e. The van der Waals surface area contributed by atoms with Crippen LogP contribution in [0, 0.1) is 0 Å². The van der Waals surface area contributed by atoms with Crippen molar-refractivity contribution in [3.8, 4) is 44.5 Å². The van der Waals surface area contributed by atoms with E-state index in [1.54, 1.807) is 0 Å². The van der Waals surface area contributed by atoms with Gasteiger partial charge in [0, 0.05) is 15.6 Å². The monoisotopic (exact) mass is 800 g/mol. The van der Waals surface area contributed by atoms with E-state index >= 15 is 0 Å². The first kappa shape index (κ1) is 34.2. The van der Waals surface area contributed by atoms with E-state index in [1.807, 2.05) is 12.1 Å². The fraction of sp³-hybridized carbons (Fsp3) is 0.0345. The molecule has 2 spiro atoms. The first-order valence-corrected chi connectivity index (χ1v) is 21.4. The van der Waals surface area contributed by atoms with Gasteiger partial charge in [-0.15, -0.1) is 0 Å². The second-order valence-corrected chi connectivity index (χ2v) is 17.4. The van der Waals surface area contributed by atoms with Gasteiger partial charge in [0.1, 0.15) is 0 Å². The van der Waals surface area contributed by atoms with Crippen LogP contribution in [0.5, 0.6) is 0 Å². The quantitative estimate of drug-likeness (QED) is 0.143. The molecule has 4 aliphatic carbocycles. The van der Waals surface area contributed by atoms with E-state index in [0.29, 0.717) is 0 Å². The van der Waals surface area contributed by atoms with Gasteiger partial charge in [-0.05, 0) is 147 Å². The van der Waals surface area contributed by atoms with Crippen molar-refractivity contribution >= 4 is 44.7 Å². The highest BCUT2D eigenvalue weighted by Crippen LogP contribution is 2.65. The van der Waals surface area contributed by atoms with Crippen molar-refractivity contribution < 1.29 is 0 Å². The standard InChI is InChI=1S/2C29H17Cl/c30-27-15-7-14-25-28(27)21-11-4-6-13-24(21)29(25)23-12-5-3-10-20(23)22-16-18-8-1-2-9-19(18)17-26(22)29;30-20-13-14-27-24(17-20)22-10-4-6-12-26(22)29(27)25-11-5-3-9-21(25)23-15-18-7-1-2-8-19(18)16-28(23)29/h2*1-17H. The maximum absolute atomic E-state index is 6.81. The molecule has 0 saturated heterocycles. The molecule has 0 heterocycles. The van der Waals surface area contributed by atoms with E-state index in [1.165, 1.54) is 111 Å². The van der Waals surface area contributed by atoms with Crippen LogP contribution in [0.2, 0.25) is 10.0 Å². The van der Waals surface area contributed by atoms with Crippen LogP contribution < -0.4 is 0 Å². The van der Waals surface area contributed by atoms with Crippen molar-refractivity contribution in [2.45, 2.75) is 10.8 Å². The van der Waals surface area contributed by atoms with Gasteiger partial charge in [-0.3, -0.25) is 0 Å². The molecule has 10 aromatic carbocycles. The molecule has 0 fully saturated rings. The maximum Gasteiger partial charge on any atom is 0.0726 e. The number of fused-ring (bicyclic) bond motifs is 22. The molecule has 4 aliphatic rings. The summed E-state index contributed by atoms with van der Waals surface area (Å²) in [5.74, 6) is 0. The lowest BCUT2D eigenvalue weighted by molar-refractivity contribution is 0.795. The van der Waals surface area contributed by atoms with Crippen LogP contribution in [0.3, 0.4) is 0 Å². The summed E-state index contributed by atoms with van der Waals surface area (Å²) < 4.78 is 0. The Bertz CT molecular complexity index is 3480. The zero-order valence-corrected chi connectivity index (χ0v) is 33.9. The Hall–Kier alpha value is -6.70. The third-order valence-electron chi connectivity index (χ3n) is 13.8. The average molecular weight is 802 g/mol. The summed E-state index contributed by atoms with van der Waals surface area (Å²) in [5.41, 5.74) is 20.4. The van der Waals surface area contributed by atoms with E-state index in [-0.39, 0.29) is 10.8 Å². The minimum atomic E-state index is -0.327. The molecule has 0 nitrogen and oxygen atoms in total. The van der Waals surface area contributed by atoms with Crippen molar-refractivity contribution in [2.24, 2.45) is 0 Å². The molecule has 0 saturated carbocycles. The lowest BCUT2D eigenvalue weighted by Crippen LogP contribution is -2.25. The second-order valence-electron chi connectivity index (χ2n) is 16.5. The molecule has 0 radical (unpaired) electrons. The molecule has 2 heteroatoms. The van der Waals surface area contributed by atoms with Crippen LogP contribution in [0.25, 0.3) is 66.1 Å². The molecule has 280 valence electrons. The van der Waals surface area contributed by atoms with Crippen LogP contribution in [-0.2, 0) is 10.8 Å². The Morgan fingerprint density at radius 3 is 1.13 bits per heavy atom. The van der Waals surface area contributed by atoms with E-state index < -0.39 is 0 Å². The zero-order valence-electron chi connectivity index (χ0n) is 32.4. The third-order valence-corrected chi connectivity index (χ3v) is 14.4. The van der Waals surface area contributed by atoms with Gasteiger partial charge in [-0.25, -0.2) is 0 Å². The third kappa shape index (κ3) is 4.27. The Labute approximate surface area is 359 Å². The molecule has 0 amide bonds. The maximum atomic E-state index is 6.81. The fourth-order valence-corrected chi connectivity index (χ4v) is 12.1. The molecule has 14 rings (SSSR count). The number of hydrogen-bond acceptors (Lipinski definition) is 0. The van der Waals surface area contributed by atoms with Crippen LogP contribution in [0.15, 0.2) is 206 Å². The molecule has 2 unspecified atom stereocenters. The normalized spacial score (nSPS) is 17.6. The second kappa shape index (κ2) is 12.4. The lowest BCUT2D eigenvalue weighted by atomic mass is 9.70. The predicted molar refractivity (Wildman–Crippen MR) is 251 cm³/mol. The van der Waals surface area contributed by atoms with Crippen LogP contribution in [-0.4, -0.2) is 0 Å². The van der Waals surface area contributed by atoms with E-state index in [4.69, 9.17) is 23.2 Å². The van der Waals surface area contributed by atoms with Crippen molar-refractivity contribution in [2.75, 3.05) is 0 Å². The first-order valence-electron chi connectivity index (χ1n) is 20.6. The average Bonchev–Trinajstić information content (AvgIpc) is 3.96. The van der Waals surface area contributed by atoms with Crippen molar-refractivity contribution in [1.82, 2.24) is 0 Å². The Kier molecular flexibility index (Phi) is 7.07. The molecule has 0 aromatic heterocycles. The lowest BCUT2D eigenvalue weighted by Gasteiger charge is -2.30. The van der Waals surface area contributed by atoms with E-state index in [2.05, 4.69) is 194 Å². The van der Waals surface area contributed by atoms with Crippen LogP contribution >= 0.6 is 23.2 Å². The summed E-state index contributed by atoms with van der Waals surface area (Å²) in [6, 6.07) is 75.0. The Morgan fingerprint density at radius 1 is 0.250 bits per heavy atom. The van der Waals surface area contributed by atoms with Crippen molar-refractivity contribution in [3.63, 3.8) is 0 Å². The van der Waals surface area contributed by atoms with Gasteiger partial charge in [0.05, 0.1) is 10.8 Å². The number of benzene rings is 10. The summed E-state index contributed by atoms with van der Waals surface area (Å²) in [5, 5.41) is 6.72. The molecule has 0 aliphatic heterocycles. The molecule has 10 aromatic rings. The smallest absolute Gasteiger partial charge is 0.0726 e. The highest BCUT2D eigenvalue weighted by Gasteiger charge is 2.53. The van der Waals surface area contributed by atoms with Crippen LogP contribution in [0.4, 0.5) is 0 Å². The number of halogens is 2. The molecular formula is C58H34Cl2. The Morgan fingerprint density at radius 2 is 0.617 bits per heavy atom. The van der Waals surface area contributed by atoms with Gasteiger partial charge in [0.25, 0.3) is 0 Å². The SMILES string of the molecule is Clc1ccc2c(c1)-c1ccccc1C21c2ccccc2-c2cc3ccccc3cc21.Clc1cccc2c1-c1ccccc1C21c2ccccc2-c2cc3ccccc3cc21. The van der Waals surface area contributed by atoms with E-state index in [0.717, 1.165) is 10.0 Å². The number of hydrogen-bond donors (Lipinski definition) is 0. The van der Waals surface area contributed by atoms with Crippen molar-refractivity contribution in [1.29, 1.82) is 0 Å². The largest absolute Gasteiger partial charge is 0.0843 e. The number of rotatable bonds is 0. The minimum absolute atomic E-state index is 0.299. The summed E-state index contributed by atoms with van der Waals surface area (Å²) >= 11 is 13.3. The summed E-state index contributed by atoms with van der Waals surface area (Å²) in [4.78, 5) is 0. The highest BCUT2D eigenvalue weighted by molar-refractivity contribution is 6.34. The first-order chi connectivity index (χ1) is 29.6. The van der Waals surface area contributed by atoms with Gasteiger partial charge in [0.2, 0.25) is 0 Å². The highest BCUT2D eigenvalue weighted by atomic mass is 35.5. The van der Waals surface area contributed by atoms with Gasteiger partial charge < -0.3 is 0 Å². The summed E-state index contributed by atoms with van der Waals surface area (Å²) in [7, 11) is 0. The van der Waals surface area contributed by atoms with Gasteiger partial charge in [-0.2, -0.15) is 0 Å². The van der Waals surface area contributed by atoms with Crippen LogP contribution in [0.1, 0.15) is 44.5 Å². The molecule has 0 bridgehead atoms. The predicted octanol–water partition coefficient (Wildman–Crippen LogP) is 15.7. The topological polar surface area (TPSA) is 0 Å². The molecule has 60 heavy (non-hydrogen) atoms. The van der Waals surface area contributed by atoms with Gasteiger partial charge in [-0.1, -0.05) is 187 Å². The fourth-order valence-electron chi connectivity index (χ4n) is 11.6. The van der Waals surface area contributed by atoms with Gasteiger partial charge >= 0.3 is 0 Å². The summed E-state index contributed by atoms with van der Waals surface area (Å²) in [6.07, 6.45) is 0. The molecular weight excluding hydrogens is 768 g/mol. The molecule has 2 atom stereocenters. The summed E-state index contributed by atoms with van der Waals surface area (Å²) in [6.45, 7) is 0. The van der Waals surface area contributed by atoms with Gasteiger partial charge in [0.15, 0.2) is 0 Å². The van der Waals surface area contributed by atoms with Crippen molar-refractivity contribution in [3.05, 3.63) is 261 Å². The van der Waals surface area contributed by atoms with E-state index in [9.17, 15) is 0 Å².